The van der Waals surface area contributed by atoms with E-state index in [0.29, 0.717) is 0 Å². The lowest BCUT2D eigenvalue weighted by Crippen LogP contribution is -2.26. The molecule has 1 N–H and O–H groups in total. The largest absolute Gasteiger partial charge is 0.366 e. The van der Waals surface area contributed by atoms with Crippen molar-refractivity contribution < 1.29 is 4.74 Å². The van der Waals surface area contributed by atoms with E-state index in [1.165, 1.54) is 32.1 Å². The van der Waals surface area contributed by atoms with Gasteiger partial charge in [0, 0.05) is 13.2 Å². The summed E-state index contributed by atoms with van der Waals surface area (Å²) in [5.74, 6) is 0.916. The van der Waals surface area contributed by atoms with E-state index in [4.69, 9.17) is 4.74 Å². The Bertz CT molecular complexity index is 111. The first-order chi connectivity index (χ1) is 6.43. The first-order valence-electron chi connectivity index (χ1n) is 5.72. The molecule has 1 rings (SSSR count). The van der Waals surface area contributed by atoms with Crippen LogP contribution in [0.4, 0.5) is 0 Å². The topological polar surface area (TPSA) is 21.3 Å². The molecule has 0 aliphatic heterocycles. The van der Waals surface area contributed by atoms with Crippen LogP contribution in [0.1, 0.15) is 45.4 Å². The molecule has 0 heterocycles. The molecule has 2 heteroatoms. The number of hydrogen-bond donors (Lipinski definition) is 1. The van der Waals surface area contributed by atoms with E-state index in [-0.39, 0.29) is 0 Å². The minimum atomic E-state index is 0.740. The number of nitrogens with one attached hydrogen (secondary N) is 1. The summed E-state index contributed by atoms with van der Waals surface area (Å²) in [6.45, 7) is 4.92. The maximum Gasteiger partial charge on any atom is 0.0965 e. The molecule has 78 valence electrons. The Morgan fingerprint density at radius 2 is 2.00 bits per heavy atom. The van der Waals surface area contributed by atoms with Gasteiger partial charge >= 0.3 is 0 Å². The molecule has 0 saturated heterocycles. The van der Waals surface area contributed by atoms with Crippen LogP contribution in [0.2, 0.25) is 0 Å². The zero-order valence-electron chi connectivity index (χ0n) is 8.85. The lowest BCUT2D eigenvalue weighted by molar-refractivity contribution is 0.112. The molecule has 0 unspecified atom stereocenters. The quantitative estimate of drug-likeness (QED) is 0.507. The fourth-order valence-corrected chi connectivity index (χ4v) is 1.94. The molecule has 0 spiro atoms. The van der Waals surface area contributed by atoms with Crippen molar-refractivity contribution in [3.63, 3.8) is 0 Å². The monoisotopic (exact) mass is 185 g/mol. The third-order valence-electron chi connectivity index (χ3n) is 2.71. The number of ether oxygens (including phenoxy) is 1. The zero-order valence-corrected chi connectivity index (χ0v) is 8.85. The summed E-state index contributed by atoms with van der Waals surface area (Å²) in [7, 11) is 0. The number of rotatable bonds is 6. The van der Waals surface area contributed by atoms with Gasteiger partial charge in [0.2, 0.25) is 0 Å². The van der Waals surface area contributed by atoms with Gasteiger partial charge in [-0.05, 0) is 25.2 Å². The molecule has 0 aromatic rings. The Kier molecular flexibility index (Phi) is 6.21. The Labute approximate surface area is 82.0 Å². The molecule has 1 saturated carbocycles. The van der Waals surface area contributed by atoms with E-state index >= 15 is 0 Å². The van der Waals surface area contributed by atoms with Crippen LogP contribution >= 0.6 is 0 Å². The van der Waals surface area contributed by atoms with E-state index in [2.05, 4.69) is 12.2 Å². The van der Waals surface area contributed by atoms with Gasteiger partial charge in [0.15, 0.2) is 0 Å². The lowest BCUT2D eigenvalue weighted by atomic mass is 9.89. The van der Waals surface area contributed by atoms with Crippen molar-refractivity contribution in [3.8, 4) is 0 Å². The maximum atomic E-state index is 5.36. The van der Waals surface area contributed by atoms with Crippen LogP contribution in [0.3, 0.4) is 0 Å². The third-order valence-corrected chi connectivity index (χ3v) is 2.71. The molecular formula is C11H23NO. The summed E-state index contributed by atoms with van der Waals surface area (Å²) in [6, 6.07) is 0. The lowest BCUT2D eigenvalue weighted by Gasteiger charge is -2.21. The summed E-state index contributed by atoms with van der Waals surface area (Å²) in [5.41, 5.74) is 0. The fourth-order valence-electron chi connectivity index (χ4n) is 1.94. The fraction of sp³-hybridized carbons (Fsp3) is 1.00. The molecule has 0 aromatic carbocycles. The summed E-state index contributed by atoms with van der Waals surface area (Å²) >= 11 is 0. The highest BCUT2D eigenvalue weighted by molar-refractivity contribution is 4.66. The number of hydrogen-bond acceptors (Lipinski definition) is 2. The van der Waals surface area contributed by atoms with Crippen molar-refractivity contribution in [2.24, 2.45) is 5.92 Å². The van der Waals surface area contributed by atoms with Gasteiger partial charge in [-0.15, -0.1) is 0 Å². The maximum absolute atomic E-state index is 5.36. The average molecular weight is 185 g/mol. The Hall–Kier alpha value is -0.0800. The molecule has 1 fully saturated rings. The molecule has 0 radical (unpaired) electrons. The minimum absolute atomic E-state index is 0.740. The molecule has 0 atom stereocenters. The third kappa shape index (κ3) is 5.27. The minimum Gasteiger partial charge on any atom is -0.366 e. The van der Waals surface area contributed by atoms with Crippen molar-refractivity contribution in [2.45, 2.75) is 45.4 Å². The van der Waals surface area contributed by atoms with Crippen LogP contribution in [-0.2, 0) is 4.74 Å². The van der Waals surface area contributed by atoms with Gasteiger partial charge in [0.25, 0.3) is 0 Å². The van der Waals surface area contributed by atoms with Crippen LogP contribution in [-0.4, -0.2) is 19.9 Å². The van der Waals surface area contributed by atoms with Crippen molar-refractivity contribution in [1.82, 2.24) is 5.32 Å². The average Bonchev–Trinajstić information content (AvgIpc) is 2.19. The zero-order chi connectivity index (χ0) is 9.36. The van der Waals surface area contributed by atoms with Gasteiger partial charge in [-0.2, -0.15) is 0 Å². The first kappa shape index (κ1) is 11.0. The van der Waals surface area contributed by atoms with E-state index in [9.17, 15) is 0 Å². The van der Waals surface area contributed by atoms with Gasteiger partial charge in [-0.3, -0.25) is 5.32 Å². The second kappa shape index (κ2) is 7.34. The van der Waals surface area contributed by atoms with Gasteiger partial charge < -0.3 is 4.74 Å². The Balaban J connectivity index is 1.86. The highest BCUT2D eigenvalue weighted by atomic mass is 16.5. The summed E-state index contributed by atoms with van der Waals surface area (Å²) in [4.78, 5) is 0. The van der Waals surface area contributed by atoms with Crippen molar-refractivity contribution >= 4 is 0 Å². The van der Waals surface area contributed by atoms with Crippen molar-refractivity contribution in [1.29, 1.82) is 0 Å². The van der Waals surface area contributed by atoms with Crippen LogP contribution in [0.25, 0.3) is 0 Å². The van der Waals surface area contributed by atoms with E-state index in [1.807, 2.05) is 0 Å². The van der Waals surface area contributed by atoms with Crippen molar-refractivity contribution in [2.75, 3.05) is 19.9 Å². The molecule has 0 bridgehead atoms. The predicted molar refractivity (Wildman–Crippen MR) is 55.7 cm³/mol. The van der Waals surface area contributed by atoms with E-state index < -0.39 is 0 Å². The molecule has 1 aliphatic carbocycles. The summed E-state index contributed by atoms with van der Waals surface area (Å²) < 4.78 is 5.36. The Morgan fingerprint density at radius 1 is 1.23 bits per heavy atom. The summed E-state index contributed by atoms with van der Waals surface area (Å²) in [6.07, 6.45) is 8.26. The second-order valence-electron chi connectivity index (χ2n) is 4.01. The van der Waals surface area contributed by atoms with E-state index in [0.717, 1.165) is 32.2 Å². The van der Waals surface area contributed by atoms with Gasteiger partial charge in [-0.1, -0.05) is 26.2 Å². The molecule has 1 aliphatic rings. The molecule has 13 heavy (non-hydrogen) atoms. The second-order valence-corrected chi connectivity index (χ2v) is 4.01. The highest BCUT2D eigenvalue weighted by Gasteiger charge is 2.11. The highest BCUT2D eigenvalue weighted by Crippen LogP contribution is 2.22. The van der Waals surface area contributed by atoms with Gasteiger partial charge in [-0.25, -0.2) is 0 Å². The smallest absolute Gasteiger partial charge is 0.0965 e. The standard InChI is InChI=1S/C11H23NO/c1-2-8-13-10-12-9-11-6-4-3-5-7-11/h11-12H,2-10H2,1H3. The summed E-state index contributed by atoms with van der Waals surface area (Å²) in [5, 5.41) is 3.37. The van der Waals surface area contributed by atoms with Crippen LogP contribution in [0, 0.1) is 5.92 Å². The van der Waals surface area contributed by atoms with Gasteiger partial charge in [0.1, 0.15) is 0 Å². The van der Waals surface area contributed by atoms with Crippen molar-refractivity contribution in [3.05, 3.63) is 0 Å². The normalized spacial score (nSPS) is 19.2. The van der Waals surface area contributed by atoms with E-state index in [1.54, 1.807) is 0 Å². The molecular weight excluding hydrogens is 162 g/mol. The SMILES string of the molecule is CCCOCNCC1CCCCC1. The molecule has 0 amide bonds. The molecule has 0 aromatic heterocycles. The van der Waals surface area contributed by atoms with Crippen LogP contribution < -0.4 is 5.32 Å². The Morgan fingerprint density at radius 3 is 2.69 bits per heavy atom. The first-order valence-corrected chi connectivity index (χ1v) is 5.72. The van der Waals surface area contributed by atoms with Crippen LogP contribution in [0.5, 0.6) is 0 Å². The van der Waals surface area contributed by atoms with Crippen LogP contribution in [0.15, 0.2) is 0 Å². The predicted octanol–water partition coefficient (Wildman–Crippen LogP) is 2.54. The van der Waals surface area contributed by atoms with Gasteiger partial charge in [0.05, 0.1) is 6.73 Å². The molecule has 2 nitrogen and oxygen atoms in total.